The van der Waals surface area contributed by atoms with E-state index in [0.29, 0.717) is 29.0 Å². The third-order valence-corrected chi connectivity index (χ3v) is 4.95. The predicted octanol–water partition coefficient (Wildman–Crippen LogP) is 2.47. The normalized spacial score (nSPS) is 15.4. The molecule has 150 valence electrons. The summed E-state index contributed by atoms with van der Waals surface area (Å²) in [5, 5.41) is 7.51. The zero-order valence-electron chi connectivity index (χ0n) is 16.6. The summed E-state index contributed by atoms with van der Waals surface area (Å²) in [5.41, 5.74) is 2.48. The average molecular weight is 395 g/mol. The number of nitrogens with one attached hydrogen (secondary N) is 1. The molecule has 4 rings (SSSR count). The lowest BCUT2D eigenvalue weighted by Crippen LogP contribution is -2.25. The molecule has 1 N–H and O–H groups in total. The van der Waals surface area contributed by atoms with E-state index < -0.39 is 0 Å². The Morgan fingerprint density at radius 3 is 2.45 bits per heavy atom. The number of carbonyl (C=O) groups is 1. The molecule has 0 fully saturated rings. The van der Waals surface area contributed by atoms with E-state index in [1.165, 1.54) is 0 Å². The van der Waals surface area contributed by atoms with Crippen molar-refractivity contribution in [3.63, 3.8) is 0 Å². The molecule has 9 nitrogen and oxygen atoms in total. The number of rotatable bonds is 5. The zero-order chi connectivity index (χ0) is 20.5. The summed E-state index contributed by atoms with van der Waals surface area (Å²) in [4.78, 5) is 21.1. The highest BCUT2D eigenvalue weighted by Gasteiger charge is 2.35. The molecule has 29 heavy (non-hydrogen) atoms. The summed E-state index contributed by atoms with van der Waals surface area (Å²) >= 11 is 0. The fourth-order valence-corrected chi connectivity index (χ4v) is 3.76. The van der Waals surface area contributed by atoms with E-state index in [1.807, 2.05) is 19.1 Å². The highest BCUT2D eigenvalue weighted by atomic mass is 16.5. The number of hydrogen-bond acceptors (Lipinski definition) is 7. The Kier molecular flexibility index (Phi) is 4.79. The van der Waals surface area contributed by atoms with Crippen molar-refractivity contribution in [2.75, 3.05) is 26.6 Å². The van der Waals surface area contributed by atoms with Crippen molar-refractivity contribution >= 4 is 11.7 Å². The monoisotopic (exact) mass is 395 g/mol. The molecule has 1 aromatic carbocycles. The van der Waals surface area contributed by atoms with Crippen molar-refractivity contribution < 1.29 is 19.0 Å². The Morgan fingerprint density at radius 2 is 1.79 bits per heavy atom. The molecule has 9 heteroatoms. The van der Waals surface area contributed by atoms with Crippen LogP contribution < -0.4 is 19.5 Å². The van der Waals surface area contributed by atoms with Crippen LogP contribution in [0.25, 0.3) is 5.95 Å². The SMILES string of the molecule is COc1ccc([C@@H]2CC(=O)Nc3c2c(C)nn3-c2ncccn2)c(OC)c1OC. The first kappa shape index (κ1) is 18.7. The van der Waals surface area contributed by atoms with Gasteiger partial charge in [-0.05, 0) is 19.1 Å². The average Bonchev–Trinajstić information content (AvgIpc) is 3.08. The third-order valence-electron chi connectivity index (χ3n) is 4.95. The molecule has 1 amide bonds. The molecular weight excluding hydrogens is 374 g/mol. The van der Waals surface area contributed by atoms with Crippen LogP contribution in [-0.4, -0.2) is 47.0 Å². The first-order chi connectivity index (χ1) is 14.1. The van der Waals surface area contributed by atoms with Gasteiger partial charge in [-0.25, -0.2) is 9.97 Å². The third kappa shape index (κ3) is 3.04. The maximum absolute atomic E-state index is 12.6. The largest absolute Gasteiger partial charge is 0.493 e. The first-order valence-corrected chi connectivity index (χ1v) is 9.04. The van der Waals surface area contributed by atoms with E-state index in [4.69, 9.17) is 14.2 Å². The molecule has 2 aromatic heterocycles. The Hall–Kier alpha value is -3.62. The molecule has 0 unspecified atom stereocenters. The summed E-state index contributed by atoms with van der Waals surface area (Å²) in [6, 6.07) is 5.42. The fraction of sp³-hybridized carbons (Fsp3) is 0.300. The summed E-state index contributed by atoms with van der Waals surface area (Å²) < 4.78 is 18.1. The standard InChI is InChI=1S/C20H21N5O4/c1-11-16-13(12-6-7-14(27-2)18(29-4)17(12)28-3)10-15(26)23-19(16)25(24-11)20-21-8-5-9-22-20/h5-9,13H,10H2,1-4H3,(H,23,26)/t13-/m0/s1. The lowest BCUT2D eigenvalue weighted by atomic mass is 9.85. The number of nitrogens with zero attached hydrogens (tertiary/aromatic N) is 4. The number of methoxy groups -OCH3 is 3. The van der Waals surface area contributed by atoms with Crippen LogP contribution in [0.1, 0.15) is 29.2 Å². The van der Waals surface area contributed by atoms with Crippen LogP contribution in [0.2, 0.25) is 0 Å². The molecule has 0 saturated carbocycles. The number of fused-ring (bicyclic) bond motifs is 1. The van der Waals surface area contributed by atoms with Gasteiger partial charge in [-0.15, -0.1) is 0 Å². The molecule has 1 atom stereocenters. The molecule has 0 spiro atoms. The van der Waals surface area contributed by atoms with Gasteiger partial charge in [0.2, 0.25) is 11.7 Å². The van der Waals surface area contributed by atoms with Crippen LogP contribution in [0.3, 0.4) is 0 Å². The van der Waals surface area contributed by atoms with E-state index in [2.05, 4.69) is 20.4 Å². The summed E-state index contributed by atoms with van der Waals surface area (Å²) in [7, 11) is 4.69. The molecule has 0 radical (unpaired) electrons. The Bertz CT molecular complexity index is 1060. The second kappa shape index (κ2) is 7.42. The van der Waals surface area contributed by atoms with E-state index in [0.717, 1.165) is 16.8 Å². The molecule has 0 saturated heterocycles. The van der Waals surface area contributed by atoms with Crippen LogP contribution in [0.4, 0.5) is 5.82 Å². The number of benzene rings is 1. The van der Waals surface area contributed by atoms with Gasteiger partial charge in [0.05, 0.1) is 27.0 Å². The van der Waals surface area contributed by atoms with Crippen molar-refractivity contribution in [2.24, 2.45) is 0 Å². The van der Waals surface area contributed by atoms with Crippen molar-refractivity contribution in [1.29, 1.82) is 0 Å². The molecule has 1 aliphatic rings. The maximum atomic E-state index is 12.6. The second-order valence-corrected chi connectivity index (χ2v) is 6.54. The number of anilines is 1. The van der Waals surface area contributed by atoms with E-state index in [9.17, 15) is 4.79 Å². The van der Waals surface area contributed by atoms with Gasteiger partial charge in [-0.1, -0.05) is 6.07 Å². The molecule has 1 aliphatic heterocycles. The molecular formula is C20H21N5O4. The minimum atomic E-state index is -0.272. The minimum absolute atomic E-state index is 0.128. The van der Waals surface area contributed by atoms with E-state index in [-0.39, 0.29) is 18.2 Å². The zero-order valence-corrected chi connectivity index (χ0v) is 16.6. The minimum Gasteiger partial charge on any atom is -0.493 e. The number of ether oxygens (including phenoxy) is 3. The molecule has 3 aromatic rings. The first-order valence-electron chi connectivity index (χ1n) is 9.04. The van der Waals surface area contributed by atoms with Gasteiger partial charge in [0.25, 0.3) is 5.95 Å². The Balaban J connectivity index is 1.91. The molecule has 0 bridgehead atoms. The lowest BCUT2D eigenvalue weighted by molar-refractivity contribution is -0.116. The summed E-state index contributed by atoms with van der Waals surface area (Å²) in [5.74, 6) is 2.11. The van der Waals surface area contributed by atoms with Gasteiger partial charge in [0.1, 0.15) is 5.82 Å². The maximum Gasteiger partial charge on any atom is 0.252 e. The van der Waals surface area contributed by atoms with Crippen molar-refractivity contribution in [3.8, 4) is 23.2 Å². The topological polar surface area (TPSA) is 100 Å². The van der Waals surface area contributed by atoms with E-state index >= 15 is 0 Å². The number of hydrogen-bond donors (Lipinski definition) is 1. The Labute approximate surface area is 167 Å². The number of amides is 1. The highest BCUT2D eigenvalue weighted by molar-refractivity contribution is 5.95. The second-order valence-electron chi connectivity index (χ2n) is 6.54. The summed E-state index contributed by atoms with van der Waals surface area (Å²) in [6.07, 6.45) is 3.51. The molecule has 3 heterocycles. The molecule has 0 aliphatic carbocycles. The number of aryl methyl sites for hydroxylation is 1. The quantitative estimate of drug-likeness (QED) is 0.708. The Morgan fingerprint density at radius 1 is 1.07 bits per heavy atom. The predicted molar refractivity (Wildman–Crippen MR) is 105 cm³/mol. The number of carbonyl (C=O) groups excluding carboxylic acids is 1. The van der Waals surface area contributed by atoms with Crippen LogP contribution in [0.5, 0.6) is 17.2 Å². The van der Waals surface area contributed by atoms with Gasteiger partial charge in [-0.3, -0.25) is 4.79 Å². The van der Waals surface area contributed by atoms with Gasteiger partial charge >= 0.3 is 0 Å². The van der Waals surface area contributed by atoms with Crippen LogP contribution >= 0.6 is 0 Å². The van der Waals surface area contributed by atoms with Gasteiger partial charge in [-0.2, -0.15) is 9.78 Å². The van der Waals surface area contributed by atoms with Crippen molar-refractivity contribution in [1.82, 2.24) is 19.7 Å². The fourth-order valence-electron chi connectivity index (χ4n) is 3.76. The van der Waals surface area contributed by atoms with Gasteiger partial charge in [0.15, 0.2) is 11.5 Å². The smallest absolute Gasteiger partial charge is 0.252 e. The highest BCUT2D eigenvalue weighted by Crippen LogP contribution is 2.48. The van der Waals surface area contributed by atoms with Crippen LogP contribution in [0, 0.1) is 6.92 Å². The number of aromatic nitrogens is 4. The van der Waals surface area contributed by atoms with Crippen LogP contribution in [0.15, 0.2) is 30.6 Å². The van der Waals surface area contributed by atoms with Crippen LogP contribution in [-0.2, 0) is 4.79 Å². The van der Waals surface area contributed by atoms with Gasteiger partial charge in [0, 0.05) is 35.9 Å². The van der Waals surface area contributed by atoms with E-state index in [1.54, 1.807) is 44.5 Å². The van der Waals surface area contributed by atoms with Crippen molar-refractivity contribution in [3.05, 3.63) is 47.4 Å². The summed E-state index contributed by atoms with van der Waals surface area (Å²) in [6.45, 7) is 1.90. The lowest BCUT2D eigenvalue weighted by Gasteiger charge is -2.26. The van der Waals surface area contributed by atoms with Crippen molar-refractivity contribution in [2.45, 2.75) is 19.3 Å². The van der Waals surface area contributed by atoms with Gasteiger partial charge < -0.3 is 19.5 Å².